The number of benzene rings is 1. The van der Waals surface area contributed by atoms with E-state index in [1.54, 1.807) is 6.20 Å². The van der Waals surface area contributed by atoms with E-state index in [0.29, 0.717) is 11.5 Å². The van der Waals surface area contributed by atoms with E-state index in [1.165, 1.54) is 11.8 Å². The van der Waals surface area contributed by atoms with Crippen molar-refractivity contribution in [3.05, 3.63) is 46.9 Å². The molecule has 0 spiro atoms. The molecule has 0 amide bonds. The Labute approximate surface area is 106 Å². The Balaban J connectivity index is 2.44. The van der Waals surface area contributed by atoms with Crippen molar-refractivity contribution in [1.82, 2.24) is 9.97 Å². The van der Waals surface area contributed by atoms with Crippen LogP contribution in [0.2, 0.25) is 0 Å². The Kier molecular flexibility index (Phi) is 3.24. The van der Waals surface area contributed by atoms with Crippen LogP contribution in [0.5, 0.6) is 0 Å². The quantitative estimate of drug-likeness (QED) is 0.873. The second kappa shape index (κ2) is 4.84. The number of hydrogen-bond acceptors (Lipinski definition) is 4. The maximum absolute atomic E-state index is 8.99. The monoisotopic (exact) mass is 238 g/mol. The maximum Gasteiger partial charge on any atom is 0.183 e. The van der Waals surface area contributed by atoms with Crippen LogP contribution in [0.25, 0.3) is 0 Å². The summed E-state index contributed by atoms with van der Waals surface area (Å²) in [7, 11) is 0. The van der Waals surface area contributed by atoms with Gasteiger partial charge in [-0.2, -0.15) is 5.26 Å². The highest BCUT2D eigenvalue weighted by molar-refractivity contribution is 5.67. The number of nitrogens with zero attached hydrogens (tertiary/aromatic N) is 3. The summed E-state index contributed by atoms with van der Waals surface area (Å²) in [4.78, 5) is 8.14. The summed E-state index contributed by atoms with van der Waals surface area (Å²) >= 11 is 0. The van der Waals surface area contributed by atoms with Gasteiger partial charge in [-0.1, -0.05) is 17.7 Å². The summed E-state index contributed by atoms with van der Waals surface area (Å²) < 4.78 is 0. The zero-order valence-electron chi connectivity index (χ0n) is 10.7. The van der Waals surface area contributed by atoms with Crippen LogP contribution in [-0.2, 0) is 0 Å². The Hall–Kier alpha value is -2.41. The molecule has 2 aromatic rings. The van der Waals surface area contributed by atoms with Crippen molar-refractivity contribution in [1.29, 1.82) is 5.26 Å². The summed E-state index contributed by atoms with van der Waals surface area (Å²) in [5.74, 6) is 0.495. The van der Waals surface area contributed by atoms with Crippen molar-refractivity contribution in [2.24, 2.45) is 0 Å². The fourth-order valence-electron chi connectivity index (χ4n) is 2.01. The first-order valence-corrected chi connectivity index (χ1v) is 5.68. The molecule has 0 aliphatic heterocycles. The molecule has 1 N–H and O–H groups in total. The highest BCUT2D eigenvalue weighted by Gasteiger charge is 2.08. The lowest BCUT2D eigenvalue weighted by Crippen LogP contribution is -2.02. The molecule has 1 aromatic heterocycles. The van der Waals surface area contributed by atoms with Crippen molar-refractivity contribution < 1.29 is 0 Å². The number of hydrogen-bond donors (Lipinski definition) is 1. The Morgan fingerprint density at radius 3 is 2.28 bits per heavy atom. The number of anilines is 2. The molecule has 0 radical (unpaired) electrons. The molecule has 1 heterocycles. The highest BCUT2D eigenvalue weighted by Crippen LogP contribution is 2.25. The normalized spacial score (nSPS) is 9.89. The second-order valence-electron chi connectivity index (χ2n) is 4.26. The zero-order valence-corrected chi connectivity index (χ0v) is 10.7. The molecule has 0 saturated carbocycles. The average Bonchev–Trinajstić information content (AvgIpc) is 2.34. The number of nitriles is 1. The minimum absolute atomic E-state index is 0.303. The lowest BCUT2D eigenvalue weighted by molar-refractivity contribution is 1.16. The van der Waals surface area contributed by atoms with Gasteiger partial charge >= 0.3 is 0 Å². The van der Waals surface area contributed by atoms with Gasteiger partial charge in [0.15, 0.2) is 11.5 Å². The van der Waals surface area contributed by atoms with Crippen LogP contribution in [0, 0.1) is 32.1 Å². The van der Waals surface area contributed by atoms with E-state index in [9.17, 15) is 0 Å². The number of nitrogens with one attached hydrogen (secondary N) is 1. The van der Waals surface area contributed by atoms with Crippen molar-refractivity contribution >= 4 is 11.5 Å². The van der Waals surface area contributed by atoms with Gasteiger partial charge in [-0.25, -0.2) is 9.97 Å². The lowest BCUT2D eigenvalue weighted by Gasteiger charge is -2.13. The lowest BCUT2D eigenvalue weighted by atomic mass is 10.1. The number of aryl methyl sites for hydroxylation is 3. The fourth-order valence-corrected chi connectivity index (χ4v) is 2.01. The molecule has 4 nitrogen and oxygen atoms in total. The molecular formula is C14H14N4. The Morgan fingerprint density at radius 1 is 1.06 bits per heavy atom. The molecule has 0 atom stereocenters. The fraction of sp³-hybridized carbons (Fsp3) is 0.214. The first kappa shape index (κ1) is 12.1. The molecule has 4 heteroatoms. The van der Waals surface area contributed by atoms with Crippen molar-refractivity contribution in [3.63, 3.8) is 0 Å². The second-order valence-corrected chi connectivity index (χ2v) is 4.26. The van der Waals surface area contributed by atoms with Gasteiger partial charge in [-0.05, 0) is 31.9 Å². The molecule has 0 bridgehead atoms. The number of rotatable bonds is 2. The molecule has 2 rings (SSSR count). The minimum atomic E-state index is 0.303. The van der Waals surface area contributed by atoms with Crippen LogP contribution in [0.3, 0.4) is 0 Å². The van der Waals surface area contributed by atoms with Crippen LogP contribution in [0.4, 0.5) is 11.5 Å². The third-order valence-corrected chi connectivity index (χ3v) is 2.72. The van der Waals surface area contributed by atoms with Crippen LogP contribution in [0.1, 0.15) is 22.4 Å². The van der Waals surface area contributed by atoms with Gasteiger partial charge in [0.05, 0.1) is 0 Å². The summed E-state index contributed by atoms with van der Waals surface area (Å²) in [6, 6.07) is 6.22. The van der Waals surface area contributed by atoms with Gasteiger partial charge in [0.25, 0.3) is 0 Å². The van der Waals surface area contributed by atoms with Crippen LogP contribution in [0.15, 0.2) is 24.5 Å². The zero-order chi connectivity index (χ0) is 13.1. The average molecular weight is 238 g/mol. The van der Waals surface area contributed by atoms with Crippen molar-refractivity contribution in [2.75, 3.05) is 5.32 Å². The highest BCUT2D eigenvalue weighted by atomic mass is 15.0. The van der Waals surface area contributed by atoms with E-state index in [0.717, 1.165) is 16.8 Å². The van der Waals surface area contributed by atoms with E-state index < -0.39 is 0 Å². The topological polar surface area (TPSA) is 61.6 Å². The third-order valence-electron chi connectivity index (χ3n) is 2.72. The number of aromatic nitrogens is 2. The minimum Gasteiger partial charge on any atom is -0.337 e. The summed E-state index contributed by atoms with van der Waals surface area (Å²) in [6.45, 7) is 6.13. The molecule has 0 saturated heterocycles. The Morgan fingerprint density at radius 2 is 1.67 bits per heavy atom. The molecular weight excluding hydrogens is 224 g/mol. The SMILES string of the molecule is Cc1cc(C)c(Nc2nccnc2C#N)c(C)c1. The predicted octanol–water partition coefficient (Wildman–Crippen LogP) is 3.02. The van der Waals surface area contributed by atoms with Gasteiger partial charge in [0, 0.05) is 18.1 Å². The van der Waals surface area contributed by atoms with Crippen LogP contribution in [-0.4, -0.2) is 9.97 Å². The maximum atomic E-state index is 8.99. The molecule has 0 aliphatic rings. The van der Waals surface area contributed by atoms with E-state index in [2.05, 4.69) is 34.3 Å². The third kappa shape index (κ3) is 2.30. The van der Waals surface area contributed by atoms with Crippen molar-refractivity contribution in [2.45, 2.75) is 20.8 Å². The standard InChI is InChI=1S/C14H14N4/c1-9-6-10(2)13(11(3)7-9)18-14-12(8-15)16-4-5-17-14/h4-7H,1-3H3,(H,17,18). The van der Waals surface area contributed by atoms with Gasteiger partial charge in [0.2, 0.25) is 0 Å². The largest absolute Gasteiger partial charge is 0.337 e. The summed E-state index contributed by atoms with van der Waals surface area (Å²) in [5.41, 5.74) is 4.76. The predicted molar refractivity (Wildman–Crippen MR) is 70.7 cm³/mol. The Bertz CT molecular complexity index is 603. The van der Waals surface area contributed by atoms with Crippen molar-refractivity contribution in [3.8, 4) is 6.07 Å². The molecule has 90 valence electrons. The molecule has 0 aliphatic carbocycles. The first-order valence-electron chi connectivity index (χ1n) is 5.68. The van der Waals surface area contributed by atoms with Gasteiger partial charge in [-0.3, -0.25) is 0 Å². The van der Waals surface area contributed by atoms with E-state index >= 15 is 0 Å². The van der Waals surface area contributed by atoms with Gasteiger partial charge in [0.1, 0.15) is 6.07 Å². The molecule has 0 fully saturated rings. The molecule has 0 unspecified atom stereocenters. The summed E-state index contributed by atoms with van der Waals surface area (Å²) in [5, 5.41) is 12.2. The smallest absolute Gasteiger partial charge is 0.183 e. The molecule has 1 aromatic carbocycles. The van der Waals surface area contributed by atoms with E-state index in [1.807, 2.05) is 19.9 Å². The van der Waals surface area contributed by atoms with E-state index in [4.69, 9.17) is 5.26 Å². The van der Waals surface area contributed by atoms with Gasteiger partial charge in [-0.15, -0.1) is 0 Å². The van der Waals surface area contributed by atoms with Gasteiger partial charge < -0.3 is 5.32 Å². The summed E-state index contributed by atoms with van der Waals surface area (Å²) in [6.07, 6.45) is 3.08. The molecule has 18 heavy (non-hydrogen) atoms. The van der Waals surface area contributed by atoms with Crippen LogP contribution >= 0.6 is 0 Å². The first-order chi connectivity index (χ1) is 8.61. The van der Waals surface area contributed by atoms with Crippen LogP contribution < -0.4 is 5.32 Å². The van der Waals surface area contributed by atoms with E-state index in [-0.39, 0.29) is 0 Å².